The van der Waals surface area contributed by atoms with E-state index in [0.29, 0.717) is 22.1 Å². The van der Waals surface area contributed by atoms with E-state index in [2.05, 4.69) is 5.32 Å². The molecule has 5 nitrogen and oxygen atoms in total. The second kappa shape index (κ2) is 8.96. The minimum atomic E-state index is -0.289. The monoisotopic (exact) mass is 415 g/mol. The van der Waals surface area contributed by atoms with Gasteiger partial charge in [0.25, 0.3) is 5.91 Å². The van der Waals surface area contributed by atoms with Crippen molar-refractivity contribution in [3.8, 4) is 27.7 Å². The summed E-state index contributed by atoms with van der Waals surface area (Å²) in [7, 11) is 4.64. The molecule has 0 radical (unpaired) electrons. The summed E-state index contributed by atoms with van der Waals surface area (Å²) in [6, 6.07) is 13.2. The molecule has 0 fully saturated rings. The van der Waals surface area contributed by atoms with Crippen LogP contribution in [0.3, 0.4) is 0 Å². The van der Waals surface area contributed by atoms with E-state index in [1.165, 1.54) is 23.5 Å². The number of thiophene rings is 1. The Morgan fingerprint density at radius 1 is 0.966 bits per heavy atom. The van der Waals surface area contributed by atoms with Crippen LogP contribution in [0.1, 0.15) is 28.2 Å². The maximum Gasteiger partial charge on any atom is 0.261 e. The predicted octanol–water partition coefficient (Wildman–Crippen LogP) is 5.07. The van der Waals surface area contributed by atoms with E-state index >= 15 is 0 Å². The molecule has 0 aliphatic heterocycles. The molecule has 1 unspecified atom stereocenters. The fourth-order valence-corrected chi connectivity index (χ4v) is 3.85. The summed E-state index contributed by atoms with van der Waals surface area (Å²) in [5.41, 5.74) is 1.69. The summed E-state index contributed by atoms with van der Waals surface area (Å²) in [6.45, 7) is 1.88. The van der Waals surface area contributed by atoms with Crippen molar-refractivity contribution in [3.63, 3.8) is 0 Å². The van der Waals surface area contributed by atoms with Gasteiger partial charge in [0.15, 0.2) is 11.5 Å². The molecule has 29 heavy (non-hydrogen) atoms. The first kappa shape index (κ1) is 20.7. The van der Waals surface area contributed by atoms with Crippen LogP contribution in [0, 0.1) is 5.82 Å². The number of rotatable bonds is 7. The summed E-state index contributed by atoms with van der Waals surface area (Å²) in [4.78, 5) is 14.2. The Morgan fingerprint density at radius 2 is 1.59 bits per heavy atom. The van der Waals surface area contributed by atoms with Crippen LogP contribution >= 0.6 is 11.3 Å². The third kappa shape index (κ3) is 4.51. The highest BCUT2D eigenvalue weighted by molar-refractivity contribution is 7.17. The minimum Gasteiger partial charge on any atom is -0.493 e. The fraction of sp³-hybridized carbons (Fsp3) is 0.227. The van der Waals surface area contributed by atoms with Gasteiger partial charge in [-0.1, -0.05) is 12.1 Å². The Balaban J connectivity index is 1.78. The molecule has 1 aromatic heterocycles. The van der Waals surface area contributed by atoms with Gasteiger partial charge < -0.3 is 19.5 Å². The van der Waals surface area contributed by atoms with Crippen LogP contribution in [0.15, 0.2) is 48.5 Å². The minimum absolute atomic E-state index is 0.190. The second-order valence-corrected chi connectivity index (χ2v) is 7.41. The number of benzene rings is 2. The smallest absolute Gasteiger partial charge is 0.261 e. The van der Waals surface area contributed by atoms with Crippen LogP contribution in [0.25, 0.3) is 10.4 Å². The molecule has 3 aromatic rings. The maximum absolute atomic E-state index is 13.1. The number of methoxy groups -OCH3 is 3. The lowest BCUT2D eigenvalue weighted by molar-refractivity contribution is 0.0944. The molecule has 0 spiro atoms. The highest BCUT2D eigenvalue weighted by Gasteiger charge is 2.19. The molecular formula is C22H22FNO4S. The lowest BCUT2D eigenvalue weighted by atomic mass is 10.1. The molecule has 1 heterocycles. The van der Waals surface area contributed by atoms with Gasteiger partial charge in [0.2, 0.25) is 5.75 Å². The van der Waals surface area contributed by atoms with Crippen LogP contribution in [0.2, 0.25) is 0 Å². The van der Waals surface area contributed by atoms with E-state index in [0.717, 1.165) is 16.0 Å². The number of hydrogen-bond donors (Lipinski definition) is 1. The summed E-state index contributed by atoms with van der Waals surface area (Å²) >= 11 is 1.35. The van der Waals surface area contributed by atoms with E-state index in [-0.39, 0.29) is 17.8 Å². The molecule has 1 N–H and O–H groups in total. The van der Waals surface area contributed by atoms with Crippen LogP contribution in [0.5, 0.6) is 17.2 Å². The van der Waals surface area contributed by atoms with Gasteiger partial charge >= 0.3 is 0 Å². The van der Waals surface area contributed by atoms with Gasteiger partial charge in [-0.3, -0.25) is 4.79 Å². The summed E-state index contributed by atoms with van der Waals surface area (Å²) < 4.78 is 29.2. The average Bonchev–Trinajstić information content (AvgIpc) is 3.23. The van der Waals surface area contributed by atoms with E-state index < -0.39 is 0 Å². The number of ether oxygens (including phenoxy) is 3. The van der Waals surface area contributed by atoms with Crippen molar-refractivity contribution in [2.45, 2.75) is 13.0 Å². The van der Waals surface area contributed by atoms with E-state index in [9.17, 15) is 9.18 Å². The van der Waals surface area contributed by atoms with Gasteiger partial charge in [-0.05, 0) is 54.4 Å². The van der Waals surface area contributed by atoms with Gasteiger partial charge in [-0.2, -0.15) is 0 Å². The Morgan fingerprint density at radius 3 is 2.14 bits per heavy atom. The summed E-state index contributed by atoms with van der Waals surface area (Å²) in [6.07, 6.45) is 0. The zero-order valence-electron chi connectivity index (χ0n) is 16.6. The lowest BCUT2D eigenvalue weighted by Crippen LogP contribution is -2.25. The highest BCUT2D eigenvalue weighted by Crippen LogP contribution is 2.39. The molecule has 0 saturated carbocycles. The largest absolute Gasteiger partial charge is 0.493 e. The SMILES string of the molecule is COc1cc(C(C)NC(=O)c2ccc(-c3ccc(F)cc3)s2)cc(OC)c1OC. The van der Waals surface area contributed by atoms with Gasteiger partial charge in [0.05, 0.1) is 32.2 Å². The number of hydrogen-bond acceptors (Lipinski definition) is 5. The number of amides is 1. The molecule has 0 aliphatic carbocycles. The molecule has 3 rings (SSSR count). The van der Waals surface area contributed by atoms with Crippen molar-refractivity contribution in [2.75, 3.05) is 21.3 Å². The van der Waals surface area contributed by atoms with Crippen LogP contribution in [-0.2, 0) is 0 Å². The topological polar surface area (TPSA) is 56.8 Å². The number of halogens is 1. The zero-order chi connectivity index (χ0) is 21.0. The summed E-state index contributed by atoms with van der Waals surface area (Å²) in [5.74, 6) is 1.07. The van der Waals surface area contributed by atoms with E-state index in [4.69, 9.17) is 14.2 Å². The fourth-order valence-electron chi connectivity index (χ4n) is 2.93. The number of nitrogens with one attached hydrogen (secondary N) is 1. The highest BCUT2D eigenvalue weighted by atomic mass is 32.1. The standard InChI is InChI=1S/C22H22FNO4S/c1-13(15-11-17(26-2)21(28-4)18(12-15)27-3)24-22(25)20-10-9-19(29-20)14-5-7-16(23)8-6-14/h5-13H,1-4H3,(H,24,25). The number of carbonyl (C=O) groups excluding carboxylic acids is 1. The second-order valence-electron chi connectivity index (χ2n) is 6.32. The lowest BCUT2D eigenvalue weighted by Gasteiger charge is -2.18. The molecular weight excluding hydrogens is 393 g/mol. The van der Waals surface area contributed by atoms with Crippen molar-refractivity contribution >= 4 is 17.2 Å². The quantitative estimate of drug-likeness (QED) is 0.585. The predicted molar refractivity (Wildman–Crippen MR) is 112 cm³/mol. The van der Waals surface area contributed by atoms with E-state index in [1.807, 2.05) is 25.1 Å². The Kier molecular flexibility index (Phi) is 6.39. The Bertz CT molecular complexity index is 975. The molecule has 0 aliphatic rings. The third-order valence-corrected chi connectivity index (χ3v) is 5.63. The first-order valence-electron chi connectivity index (χ1n) is 8.93. The van der Waals surface area contributed by atoms with E-state index in [1.54, 1.807) is 39.5 Å². The molecule has 0 bridgehead atoms. The first-order chi connectivity index (χ1) is 14.0. The van der Waals surface area contributed by atoms with Crippen molar-refractivity contribution in [1.82, 2.24) is 5.32 Å². The number of carbonyl (C=O) groups is 1. The Labute approximate surface area is 173 Å². The van der Waals surface area contributed by atoms with Crippen molar-refractivity contribution in [1.29, 1.82) is 0 Å². The van der Waals surface area contributed by atoms with Crippen LogP contribution in [0.4, 0.5) is 4.39 Å². The third-order valence-electron chi connectivity index (χ3n) is 4.49. The molecule has 2 aromatic carbocycles. The first-order valence-corrected chi connectivity index (χ1v) is 9.75. The van der Waals surface area contributed by atoms with Crippen LogP contribution in [-0.4, -0.2) is 27.2 Å². The van der Waals surface area contributed by atoms with Crippen LogP contribution < -0.4 is 19.5 Å². The molecule has 152 valence electrons. The Hall–Kier alpha value is -3.06. The average molecular weight is 415 g/mol. The molecule has 1 atom stereocenters. The van der Waals surface area contributed by atoms with Crippen molar-refractivity contribution in [3.05, 3.63) is 64.8 Å². The van der Waals surface area contributed by atoms with Gasteiger partial charge in [-0.25, -0.2) is 4.39 Å². The molecule has 7 heteroatoms. The maximum atomic E-state index is 13.1. The molecule has 1 amide bonds. The van der Waals surface area contributed by atoms with Gasteiger partial charge in [-0.15, -0.1) is 11.3 Å². The summed E-state index contributed by atoms with van der Waals surface area (Å²) in [5, 5.41) is 2.99. The molecule has 0 saturated heterocycles. The van der Waals surface area contributed by atoms with Crippen molar-refractivity contribution in [2.24, 2.45) is 0 Å². The normalized spacial score (nSPS) is 11.6. The van der Waals surface area contributed by atoms with Gasteiger partial charge in [0, 0.05) is 4.88 Å². The van der Waals surface area contributed by atoms with Crippen molar-refractivity contribution < 1.29 is 23.4 Å². The van der Waals surface area contributed by atoms with Gasteiger partial charge in [0.1, 0.15) is 5.82 Å². The zero-order valence-corrected chi connectivity index (χ0v) is 17.4.